The van der Waals surface area contributed by atoms with Crippen LogP contribution in [0.3, 0.4) is 0 Å². The summed E-state index contributed by atoms with van der Waals surface area (Å²) in [6.45, 7) is 8.20. The molecule has 96 valence electrons. The van der Waals surface area contributed by atoms with Crippen LogP contribution >= 0.6 is 0 Å². The smallest absolute Gasteiger partial charge is 0.0762 e. The molecule has 0 unspecified atom stereocenters. The van der Waals surface area contributed by atoms with E-state index in [-0.39, 0.29) is 0 Å². The molecular formula is C15H21N3. The lowest BCUT2D eigenvalue weighted by Crippen LogP contribution is -2.14. The fourth-order valence-electron chi connectivity index (χ4n) is 2.09. The van der Waals surface area contributed by atoms with E-state index in [9.17, 15) is 0 Å². The van der Waals surface area contributed by atoms with Gasteiger partial charge >= 0.3 is 0 Å². The zero-order valence-electron chi connectivity index (χ0n) is 11.6. The van der Waals surface area contributed by atoms with Crippen LogP contribution in [0.25, 0.3) is 0 Å². The molecule has 2 rings (SSSR count). The third-order valence-electron chi connectivity index (χ3n) is 3.34. The van der Waals surface area contributed by atoms with Crippen LogP contribution in [0.15, 0.2) is 24.4 Å². The molecule has 0 bridgehead atoms. The summed E-state index contributed by atoms with van der Waals surface area (Å²) in [5, 5.41) is 7.79. The lowest BCUT2D eigenvalue weighted by molar-refractivity contribution is 0.654. The molecule has 2 aromatic rings. The number of nitrogens with zero attached hydrogens (tertiary/aromatic N) is 2. The molecule has 0 saturated heterocycles. The average Bonchev–Trinajstić information content (AvgIpc) is 2.71. The van der Waals surface area contributed by atoms with E-state index >= 15 is 0 Å². The number of hydrogen-bond acceptors (Lipinski definition) is 2. The maximum atomic E-state index is 4.35. The van der Waals surface area contributed by atoms with Crippen LogP contribution in [-0.2, 0) is 20.1 Å². The normalized spacial score (nSPS) is 10.9. The summed E-state index contributed by atoms with van der Waals surface area (Å²) in [6.07, 6.45) is 1.97. The van der Waals surface area contributed by atoms with E-state index in [0.717, 1.165) is 18.8 Å². The number of aromatic nitrogens is 2. The third kappa shape index (κ3) is 2.99. The second-order valence-electron chi connectivity index (χ2n) is 4.95. The molecule has 0 aliphatic heterocycles. The molecule has 0 spiro atoms. The van der Waals surface area contributed by atoms with Crippen LogP contribution in [0.4, 0.5) is 0 Å². The van der Waals surface area contributed by atoms with Gasteiger partial charge in [0.1, 0.15) is 0 Å². The predicted octanol–water partition coefficient (Wildman–Crippen LogP) is 2.64. The van der Waals surface area contributed by atoms with Crippen molar-refractivity contribution >= 4 is 0 Å². The Balaban J connectivity index is 1.96. The molecule has 18 heavy (non-hydrogen) atoms. The largest absolute Gasteiger partial charge is 0.307 e. The Kier molecular flexibility index (Phi) is 3.82. The van der Waals surface area contributed by atoms with Gasteiger partial charge in [0, 0.05) is 26.3 Å². The van der Waals surface area contributed by atoms with Crippen molar-refractivity contribution in [2.45, 2.75) is 33.9 Å². The van der Waals surface area contributed by atoms with E-state index in [1.165, 1.54) is 22.3 Å². The first-order chi connectivity index (χ1) is 8.56. The van der Waals surface area contributed by atoms with Crippen molar-refractivity contribution in [3.63, 3.8) is 0 Å². The van der Waals surface area contributed by atoms with Gasteiger partial charge in [-0.05, 0) is 49.1 Å². The Labute approximate surface area is 109 Å². The molecule has 0 radical (unpaired) electrons. The van der Waals surface area contributed by atoms with Crippen molar-refractivity contribution in [3.8, 4) is 0 Å². The number of nitrogens with one attached hydrogen (secondary N) is 1. The Morgan fingerprint density at radius 3 is 2.44 bits per heavy atom. The minimum absolute atomic E-state index is 0.813. The standard InChI is InChI=1S/C15H21N3/c1-11-7-13(3)14(8-12(11)2)9-16-10-15-5-6-18(4)17-15/h5-8,16H,9-10H2,1-4H3. The average molecular weight is 243 g/mol. The van der Waals surface area contributed by atoms with Crippen molar-refractivity contribution in [2.24, 2.45) is 7.05 Å². The minimum atomic E-state index is 0.813. The molecule has 3 heteroatoms. The van der Waals surface area contributed by atoms with Gasteiger partial charge in [-0.25, -0.2) is 0 Å². The Morgan fingerprint density at radius 1 is 1.06 bits per heavy atom. The van der Waals surface area contributed by atoms with E-state index < -0.39 is 0 Å². The molecule has 0 amide bonds. The molecule has 0 aliphatic carbocycles. The van der Waals surface area contributed by atoms with Crippen molar-refractivity contribution in [1.82, 2.24) is 15.1 Å². The molecule has 0 fully saturated rings. The van der Waals surface area contributed by atoms with Crippen LogP contribution in [0, 0.1) is 20.8 Å². The Morgan fingerprint density at radius 2 is 1.78 bits per heavy atom. The first-order valence-electron chi connectivity index (χ1n) is 6.32. The second-order valence-corrected chi connectivity index (χ2v) is 4.95. The van der Waals surface area contributed by atoms with Gasteiger partial charge < -0.3 is 5.32 Å². The zero-order chi connectivity index (χ0) is 13.1. The Bertz CT molecular complexity index is 541. The molecule has 0 saturated carbocycles. The van der Waals surface area contributed by atoms with E-state index in [0.29, 0.717) is 0 Å². The van der Waals surface area contributed by atoms with Gasteiger partial charge in [-0.3, -0.25) is 4.68 Å². The quantitative estimate of drug-likeness (QED) is 0.894. The third-order valence-corrected chi connectivity index (χ3v) is 3.34. The fraction of sp³-hybridized carbons (Fsp3) is 0.400. The number of rotatable bonds is 4. The number of benzene rings is 1. The van der Waals surface area contributed by atoms with Crippen molar-refractivity contribution in [3.05, 3.63) is 52.3 Å². The van der Waals surface area contributed by atoms with E-state index in [1.54, 1.807) is 0 Å². The van der Waals surface area contributed by atoms with Gasteiger partial charge in [-0.2, -0.15) is 5.10 Å². The highest BCUT2D eigenvalue weighted by Gasteiger charge is 2.02. The van der Waals surface area contributed by atoms with Crippen LogP contribution in [-0.4, -0.2) is 9.78 Å². The van der Waals surface area contributed by atoms with Crippen LogP contribution < -0.4 is 5.32 Å². The first-order valence-corrected chi connectivity index (χ1v) is 6.32. The second kappa shape index (κ2) is 5.36. The number of aryl methyl sites for hydroxylation is 4. The molecule has 3 nitrogen and oxygen atoms in total. The molecule has 1 aromatic heterocycles. The van der Waals surface area contributed by atoms with Crippen LogP contribution in [0.1, 0.15) is 27.9 Å². The van der Waals surface area contributed by atoms with Crippen LogP contribution in [0.2, 0.25) is 0 Å². The van der Waals surface area contributed by atoms with Gasteiger partial charge in [-0.15, -0.1) is 0 Å². The molecular weight excluding hydrogens is 222 g/mol. The minimum Gasteiger partial charge on any atom is -0.307 e. The highest BCUT2D eigenvalue weighted by molar-refractivity contribution is 5.36. The summed E-state index contributed by atoms with van der Waals surface area (Å²) < 4.78 is 1.83. The van der Waals surface area contributed by atoms with Crippen molar-refractivity contribution in [1.29, 1.82) is 0 Å². The first kappa shape index (κ1) is 12.8. The maximum Gasteiger partial charge on any atom is 0.0762 e. The van der Waals surface area contributed by atoms with Crippen molar-refractivity contribution < 1.29 is 0 Å². The zero-order valence-corrected chi connectivity index (χ0v) is 11.6. The SMILES string of the molecule is Cc1cc(C)c(CNCc2ccn(C)n2)cc1C. The molecule has 1 heterocycles. The van der Waals surface area contributed by atoms with Gasteiger partial charge in [0.2, 0.25) is 0 Å². The van der Waals surface area contributed by atoms with Gasteiger partial charge in [0.15, 0.2) is 0 Å². The van der Waals surface area contributed by atoms with E-state index in [1.807, 2.05) is 24.0 Å². The summed E-state index contributed by atoms with van der Waals surface area (Å²) in [7, 11) is 1.94. The molecule has 0 aliphatic rings. The highest BCUT2D eigenvalue weighted by Crippen LogP contribution is 2.15. The van der Waals surface area contributed by atoms with Gasteiger partial charge in [-0.1, -0.05) is 12.1 Å². The molecule has 0 atom stereocenters. The predicted molar refractivity (Wildman–Crippen MR) is 74.4 cm³/mol. The van der Waals surface area contributed by atoms with E-state index in [2.05, 4.69) is 43.3 Å². The highest BCUT2D eigenvalue weighted by atomic mass is 15.3. The van der Waals surface area contributed by atoms with Gasteiger partial charge in [0.25, 0.3) is 0 Å². The lowest BCUT2D eigenvalue weighted by atomic mass is 10.0. The summed E-state index contributed by atoms with van der Waals surface area (Å²) in [6, 6.07) is 6.57. The molecule has 1 aromatic carbocycles. The molecule has 1 N–H and O–H groups in total. The Hall–Kier alpha value is -1.61. The summed E-state index contributed by atoms with van der Waals surface area (Å²) in [4.78, 5) is 0. The maximum absolute atomic E-state index is 4.35. The summed E-state index contributed by atoms with van der Waals surface area (Å²) in [5.74, 6) is 0. The van der Waals surface area contributed by atoms with Crippen LogP contribution in [0.5, 0.6) is 0 Å². The lowest BCUT2D eigenvalue weighted by Gasteiger charge is -2.10. The monoisotopic (exact) mass is 243 g/mol. The topological polar surface area (TPSA) is 29.9 Å². The van der Waals surface area contributed by atoms with E-state index in [4.69, 9.17) is 0 Å². The fourth-order valence-corrected chi connectivity index (χ4v) is 2.09. The summed E-state index contributed by atoms with van der Waals surface area (Å²) in [5.41, 5.74) is 6.52. The number of hydrogen-bond donors (Lipinski definition) is 1. The van der Waals surface area contributed by atoms with Gasteiger partial charge in [0.05, 0.1) is 5.69 Å². The summed E-state index contributed by atoms with van der Waals surface area (Å²) >= 11 is 0. The van der Waals surface area contributed by atoms with Crippen molar-refractivity contribution in [2.75, 3.05) is 0 Å².